The maximum absolute atomic E-state index is 12.6. The minimum atomic E-state index is 0.0783. The summed E-state index contributed by atoms with van der Waals surface area (Å²) in [6.45, 7) is 3.45. The van der Waals surface area contributed by atoms with Crippen molar-refractivity contribution in [2.45, 2.75) is 25.7 Å². The highest BCUT2D eigenvalue weighted by atomic mass is 79.9. The van der Waals surface area contributed by atoms with E-state index in [1.54, 1.807) is 0 Å². The van der Waals surface area contributed by atoms with Gasteiger partial charge in [-0.3, -0.25) is 4.79 Å². The summed E-state index contributed by atoms with van der Waals surface area (Å²) in [6, 6.07) is 15.5. The van der Waals surface area contributed by atoms with Crippen LogP contribution in [-0.4, -0.2) is 34.0 Å². The predicted octanol–water partition coefficient (Wildman–Crippen LogP) is 4.83. The van der Waals surface area contributed by atoms with Crippen molar-refractivity contribution in [1.82, 2.24) is 15.0 Å². The van der Waals surface area contributed by atoms with Gasteiger partial charge in [0.25, 0.3) is 11.8 Å². The van der Waals surface area contributed by atoms with Crippen LogP contribution in [0.3, 0.4) is 0 Å². The third-order valence-electron chi connectivity index (χ3n) is 4.95. The summed E-state index contributed by atoms with van der Waals surface area (Å²) < 4.78 is 6.44. The topological polar surface area (TPSA) is 59.2 Å². The number of nitrogens with zero attached hydrogens (tertiary/aromatic N) is 3. The van der Waals surface area contributed by atoms with Crippen LogP contribution in [0.4, 0.5) is 0 Å². The van der Waals surface area contributed by atoms with Gasteiger partial charge in [-0.15, -0.1) is 0 Å². The molecular formula is C21H20BrN3O2. The third-order valence-corrected chi connectivity index (χ3v) is 5.47. The maximum atomic E-state index is 12.6. The number of rotatable bonds is 3. The third kappa shape index (κ3) is 3.95. The molecule has 0 bridgehead atoms. The van der Waals surface area contributed by atoms with Gasteiger partial charge in [0.15, 0.2) is 5.82 Å². The summed E-state index contributed by atoms with van der Waals surface area (Å²) in [5.41, 5.74) is 2.82. The number of likely N-dealkylation sites (tertiary alicyclic amines) is 1. The van der Waals surface area contributed by atoms with Crippen LogP contribution in [0.2, 0.25) is 0 Å². The summed E-state index contributed by atoms with van der Waals surface area (Å²) in [6.07, 6.45) is 1.68. The maximum Gasteiger partial charge on any atom is 0.257 e. The molecule has 6 heteroatoms. The molecule has 1 aromatic heterocycles. The molecule has 2 heterocycles. The first-order valence-corrected chi connectivity index (χ1v) is 9.85. The van der Waals surface area contributed by atoms with E-state index in [1.165, 1.54) is 0 Å². The average Bonchev–Trinajstić information content (AvgIpc) is 3.18. The second-order valence-electron chi connectivity index (χ2n) is 6.90. The molecule has 1 aliphatic rings. The molecule has 0 unspecified atom stereocenters. The zero-order valence-corrected chi connectivity index (χ0v) is 16.6. The van der Waals surface area contributed by atoms with Gasteiger partial charge in [0, 0.05) is 34.6 Å². The molecule has 1 saturated heterocycles. The van der Waals surface area contributed by atoms with Crippen LogP contribution in [0, 0.1) is 6.92 Å². The number of aryl methyl sites for hydroxylation is 1. The molecule has 27 heavy (non-hydrogen) atoms. The number of carbonyl (C=O) groups is 1. The van der Waals surface area contributed by atoms with Gasteiger partial charge in [0.05, 0.1) is 0 Å². The predicted molar refractivity (Wildman–Crippen MR) is 106 cm³/mol. The minimum absolute atomic E-state index is 0.0783. The van der Waals surface area contributed by atoms with E-state index in [0.29, 0.717) is 19.0 Å². The molecule has 3 aromatic rings. The number of hydrogen-bond acceptors (Lipinski definition) is 4. The van der Waals surface area contributed by atoms with E-state index in [0.717, 1.165) is 39.8 Å². The molecule has 5 nitrogen and oxygen atoms in total. The summed E-state index contributed by atoms with van der Waals surface area (Å²) >= 11 is 3.40. The molecule has 4 rings (SSSR count). The van der Waals surface area contributed by atoms with E-state index in [4.69, 9.17) is 4.52 Å². The van der Waals surface area contributed by atoms with Gasteiger partial charge in [0.2, 0.25) is 0 Å². The van der Waals surface area contributed by atoms with Crippen molar-refractivity contribution in [2.24, 2.45) is 0 Å². The van der Waals surface area contributed by atoms with Crippen molar-refractivity contribution in [3.63, 3.8) is 0 Å². The van der Waals surface area contributed by atoms with Gasteiger partial charge in [0.1, 0.15) is 0 Å². The Morgan fingerprint density at radius 1 is 1.15 bits per heavy atom. The Labute approximate surface area is 166 Å². The first kappa shape index (κ1) is 17.9. The Kier molecular flexibility index (Phi) is 5.07. The van der Waals surface area contributed by atoms with Crippen molar-refractivity contribution in [3.05, 3.63) is 70.0 Å². The van der Waals surface area contributed by atoms with Gasteiger partial charge < -0.3 is 9.42 Å². The van der Waals surface area contributed by atoms with Gasteiger partial charge in [-0.25, -0.2) is 0 Å². The second-order valence-corrected chi connectivity index (χ2v) is 7.82. The number of halogens is 1. The van der Waals surface area contributed by atoms with E-state index in [2.05, 4.69) is 26.1 Å². The quantitative estimate of drug-likeness (QED) is 0.602. The number of hydrogen-bond donors (Lipinski definition) is 0. The molecule has 2 aromatic carbocycles. The largest absolute Gasteiger partial charge is 0.339 e. The number of benzene rings is 2. The Balaban J connectivity index is 1.41. The van der Waals surface area contributed by atoms with Crippen molar-refractivity contribution in [3.8, 4) is 11.5 Å². The van der Waals surface area contributed by atoms with Crippen LogP contribution >= 0.6 is 15.9 Å². The lowest BCUT2D eigenvalue weighted by molar-refractivity contribution is 0.0710. The van der Waals surface area contributed by atoms with E-state index in [9.17, 15) is 4.79 Å². The number of aromatic nitrogens is 2. The summed E-state index contributed by atoms with van der Waals surface area (Å²) in [5, 5.41) is 4.19. The lowest BCUT2D eigenvalue weighted by atomic mass is 9.95. The van der Waals surface area contributed by atoms with Gasteiger partial charge >= 0.3 is 0 Å². The number of amides is 1. The van der Waals surface area contributed by atoms with Gasteiger partial charge in [-0.1, -0.05) is 38.8 Å². The van der Waals surface area contributed by atoms with Crippen molar-refractivity contribution >= 4 is 21.8 Å². The van der Waals surface area contributed by atoms with E-state index in [-0.39, 0.29) is 11.8 Å². The standard InChI is InChI=1S/C21H20BrN3O2/c1-14-3-2-4-17(13-14)20-23-19(24-27-20)15-9-11-25(12-10-15)21(26)16-5-7-18(22)8-6-16/h2-8,13,15H,9-12H2,1H3. The number of carbonyl (C=O) groups excluding carboxylic acids is 1. The van der Waals surface area contributed by atoms with Gasteiger partial charge in [-0.2, -0.15) is 4.98 Å². The Bertz CT molecular complexity index is 944. The number of piperidine rings is 1. The summed E-state index contributed by atoms with van der Waals surface area (Å²) in [7, 11) is 0. The highest BCUT2D eigenvalue weighted by Crippen LogP contribution is 2.29. The van der Waals surface area contributed by atoms with Crippen molar-refractivity contribution < 1.29 is 9.32 Å². The average molecular weight is 426 g/mol. The van der Waals surface area contributed by atoms with Crippen molar-refractivity contribution in [2.75, 3.05) is 13.1 Å². The molecule has 1 aliphatic heterocycles. The molecule has 0 saturated carbocycles. The fraction of sp³-hybridized carbons (Fsp3) is 0.286. The van der Waals surface area contributed by atoms with E-state index < -0.39 is 0 Å². The SMILES string of the molecule is Cc1cccc(-c2nc(C3CCN(C(=O)c4ccc(Br)cc4)CC3)no2)c1. The summed E-state index contributed by atoms with van der Waals surface area (Å²) in [4.78, 5) is 19.1. The Hall–Kier alpha value is -2.47. The molecule has 0 N–H and O–H groups in total. The Morgan fingerprint density at radius 3 is 2.59 bits per heavy atom. The smallest absolute Gasteiger partial charge is 0.257 e. The molecule has 1 amide bonds. The molecule has 0 spiro atoms. The van der Waals surface area contributed by atoms with Crippen LogP contribution in [0.5, 0.6) is 0 Å². The molecule has 0 atom stereocenters. The fourth-order valence-corrected chi connectivity index (χ4v) is 3.68. The highest BCUT2D eigenvalue weighted by molar-refractivity contribution is 9.10. The normalized spacial score (nSPS) is 15.1. The Morgan fingerprint density at radius 2 is 1.89 bits per heavy atom. The molecule has 0 radical (unpaired) electrons. The first-order valence-electron chi connectivity index (χ1n) is 9.05. The van der Waals surface area contributed by atoms with E-state index in [1.807, 2.05) is 60.4 Å². The second kappa shape index (κ2) is 7.64. The van der Waals surface area contributed by atoms with Gasteiger partial charge in [-0.05, 0) is 56.2 Å². The molecular weight excluding hydrogens is 406 g/mol. The van der Waals surface area contributed by atoms with Crippen molar-refractivity contribution in [1.29, 1.82) is 0 Å². The van der Waals surface area contributed by atoms with E-state index >= 15 is 0 Å². The van der Waals surface area contributed by atoms with Crippen LogP contribution in [0.25, 0.3) is 11.5 Å². The zero-order valence-electron chi connectivity index (χ0n) is 15.1. The minimum Gasteiger partial charge on any atom is -0.339 e. The van der Waals surface area contributed by atoms with Crippen LogP contribution in [0.15, 0.2) is 57.5 Å². The zero-order chi connectivity index (χ0) is 18.8. The fourth-order valence-electron chi connectivity index (χ4n) is 3.41. The molecule has 0 aliphatic carbocycles. The summed E-state index contributed by atoms with van der Waals surface area (Å²) in [5.74, 6) is 1.60. The lowest BCUT2D eigenvalue weighted by Crippen LogP contribution is -2.38. The van der Waals surface area contributed by atoms with Crippen LogP contribution in [0.1, 0.15) is 40.5 Å². The van der Waals surface area contributed by atoms with Crippen LogP contribution in [-0.2, 0) is 0 Å². The molecule has 1 fully saturated rings. The molecule has 138 valence electrons. The monoisotopic (exact) mass is 425 g/mol. The first-order chi connectivity index (χ1) is 13.1. The highest BCUT2D eigenvalue weighted by Gasteiger charge is 2.27. The van der Waals surface area contributed by atoms with Crippen LogP contribution < -0.4 is 0 Å². The lowest BCUT2D eigenvalue weighted by Gasteiger charge is -2.30.